The van der Waals surface area contributed by atoms with Gasteiger partial charge in [-0.3, -0.25) is 0 Å². The largest absolute Gasteiger partial charge is 0.369 e. The van der Waals surface area contributed by atoms with Gasteiger partial charge in [-0.15, -0.1) is 0 Å². The van der Waals surface area contributed by atoms with Crippen molar-refractivity contribution in [2.75, 3.05) is 11.9 Å². The first-order valence-electron chi connectivity index (χ1n) is 5.04. The molecular weight excluding hydrogens is 174 g/mol. The van der Waals surface area contributed by atoms with Gasteiger partial charge < -0.3 is 5.32 Å². The molecule has 3 rings (SSSR count). The van der Waals surface area contributed by atoms with Crippen LogP contribution in [0.1, 0.15) is 6.92 Å². The SMILES string of the molecule is CC1CNc2c3ccccc3nn2C1. The van der Waals surface area contributed by atoms with Crippen LogP contribution >= 0.6 is 0 Å². The fourth-order valence-corrected chi connectivity index (χ4v) is 2.03. The van der Waals surface area contributed by atoms with Gasteiger partial charge in [-0.05, 0) is 18.1 Å². The second-order valence-corrected chi connectivity index (χ2v) is 4.03. The van der Waals surface area contributed by atoms with Gasteiger partial charge >= 0.3 is 0 Å². The highest BCUT2D eigenvalue weighted by Gasteiger charge is 2.17. The molecule has 1 atom stereocenters. The summed E-state index contributed by atoms with van der Waals surface area (Å²) in [6.45, 7) is 4.31. The number of rotatable bonds is 0. The van der Waals surface area contributed by atoms with Crippen molar-refractivity contribution < 1.29 is 0 Å². The number of nitrogens with zero attached hydrogens (tertiary/aromatic N) is 2. The van der Waals surface area contributed by atoms with E-state index in [-0.39, 0.29) is 0 Å². The molecule has 3 nitrogen and oxygen atoms in total. The lowest BCUT2D eigenvalue weighted by atomic mass is 10.1. The van der Waals surface area contributed by atoms with Gasteiger partial charge in [0.2, 0.25) is 0 Å². The fourth-order valence-electron chi connectivity index (χ4n) is 2.03. The van der Waals surface area contributed by atoms with E-state index >= 15 is 0 Å². The van der Waals surface area contributed by atoms with Gasteiger partial charge in [0, 0.05) is 18.5 Å². The van der Waals surface area contributed by atoms with Crippen molar-refractivity contribution in [3.63, 3.8) is 0 Å². The van der Waals surface area contributed by atoms with E-state index in [1.807, 2.05) is 6.07 Å². The van der Waals surface area contributed by atoms with E-state index in [0.29, 0.717) is 5.92 Å². The predicted molar refractivity (Wildman–Crippen MR) is 57.4 cm³/mol. The Hall–Kier alpha value is -1.51. The van der Waals surface area contributed by atoms with Crippen LogP contribution in [-0.4, -0.2) is 16.3 Å². The zero-order valence-electron chi connectivity index (χ0n) is 8.20. The highest BCUT2D eigenvalue weighted by molar-refractivity contribution is 5.90. The zero-order valence-corrected chi connectivity index (χ0v) is 8.20. The predicted octanol–water partition coefficient (Wildman–Crippen LogP) is 2.10. The first-order valence-corrected chi connectivity index (χ1v) is 5.04. The summed E-state index contributed by atoms with van der Waals surface area (Å²) >= 11 is 0. The van der Waals surface area contributed by atoms with E-state index in [9.17, 15) is 0 Å². The van der Waals surface area contributed by atoms with Crippen LogP contribution in [0.5, 0.6) is 0 Å². The molecule has 0 bridgehead atoms. The average Bonchev–Trinajstić information content (AvgIpc) is 2.54. The lowest BCUT2D eigenvalue weighted by molar-refractivity contribution is 0.448. The standard InChI is InChI=1S/C11H13N3/c1-8-6-12-11-9-4-2-3-5-10(9)13-14(11)7-8/h2-5,8,12H,6-7H2,1H3. The molecule has 0 saturated heterocycles. The minimum Gasteiger partial charge on any atom is -0.369 e. The normalized spacial score (nSPS) is 20.5. The third kappa shape index (κ3) is 1.02. The smallest absolute Gasteiger partial charge is 0.132 e. The summed E-state index contributed by atoms with van der Waals surface area (Å²) in [6.07, 6.45) is 0. The summed E-state index contributed by atoms with van der Waals surface area (Å²) in [7, 11) is 0. The van der Waals surface area contributed by atoms with Crippen molar-refractivity contribution in [2.45, 2.75) is 13.5 Å². The van der Waals surface area contributed by atoms with Crippen molar-refractivity contribution in [2.24, 2.45) is 5.92 Å². The summed E-state index contributed by atoms with van der Waals surface area (Å²) in [4.78, 5) is 0. The molecule has 0 radical (unpaired) electrons. The molecule has 2 aromatic rings. The molecule has 72 valence electrons. The van der Waals surface area contributed by atoms with Crippen molar-refractivity contribution in [1.82, 2.24) is 9.78 Å². The number of nitrogens with one attached hydrogen (secondary N) is 1. The van der Waals surface area contributed by atoms with Crippen LogP contribution in [0.15, 0.2) is 24.3 Å². The number of benzene rings is 1. The zero-order chi connectivity index (χ0) is 9.54. The topological polar surface area (TPSA) is 29.9 Å². The van der Waals surface area contributed by atoms with Crippen LogP contribution in [-0.2, 0) is 6.54 Å². The van der Waals surface area contributed by atoms with Gasteiger partial charge in [0.05, 0.1) is 5.52 Å². The maximum atomic E-state index is 4.56. The highest BCUT2D eigenvalue weighted by Crippen LogP contribution is 2.26. The van der Waals surface area contributed by atoms with Crippen molar-refractivity contribution in [3.8, 4) is 0 Å². The molecule has 2 heterocycles. The number of fused-ring (bicyclic) bond motifs is 3. The molecule has 0 aliphatic carbocycles. The van der Waals surface area contributed by atoms with Gasteiger partial charge in [0.1, 0.15) is 5.82 Å². The molecule has 1 aromatic carbocycles. The Balaban J connectivity index is 2.24. The molecular formula is C11H13N3. The van der Waals surface area contributed by atoms with Crippen LogP contribution in [0, 0.1) is 5.92 Å². The number of aromatic nitrogens is 2. The van der Waals surface area contributed by atoms with E-state index in [2.05, 4.69) is 40.2 Å². The molecule has 1 aliphatic heterocycles. The second-order valence-electron chi connectivity index (χ2n) is 4.03. The summed E-state index contributed by atoms with van der Waals surface area (Å²) < 4.78 is 2.08. The van der Waals surface area contributed by atoms with Crippen molar-refractivity contribution in [3.05, 3.63) is 24.3 Å². The minimum atomic E-state index is 0.664. The van der Waals surface area contributed by atoms with E-state index in [1.165, 1.54) is 11.2 Å². The number of hydrogen-bond acceptors (Lipinski definition) is 2. The molecule has 1 unspecified atom stereocenters. The van der Waals surface area contributed by atoms with Gasteiger partial charge in [0.25, 0.3) is 0 Å². The molecule has 0 amide bonds. The Labute approximate surface area is 82.7 Å². The van der Waals surface area contributed by atoms with Gasteiger partial charge in [-0.25, -0.2) is 4.68 Å². The quantitative estimate of drug-likeness (QED) is 0.684. The molecule has 1 N–H and O–H groups in total. The third-order valence-corrected chi connectivity index (χ3v) is 2.75. The average molecular weight is 187 g/mol. The maximum Gasteiger partial charge on any atom is 0.132 e. The van der Waals surface area contributed by atoms with Crippen LogP contribution in [0.25, 0.3) is 10.9 Å². The summed E-state index contributed by atoms with van der Waals surface area (Å²) in [5.41, 5.74) is 1.09. The van der Waals surface area contributed by atoms with Gasteiger partial charge in [-0.1, -0.05) is 19.1 Å². The van der Waals surface area contributed by atoms with Crippen molar-refractivity contribution in [1.29, 1.82) is 0 Å². The van der Waals surface area contributed by atoms with E-state index in [1.54, 1.807) is 0 Å². The fraction of sp³-hybridized carbons (Fsp3) is 0.364. The van der Waals surface area contributed by atoms with Gasteiger partial charge in [0.15, 0.2) is 0 Å². The molecule has 0 fully saturated rings. The molecule has 1 aliphatic rings. The first-order chi connectivity index (χ1) is 6.84. The van der Waals surface area contributed by atoms with Gasteiger partial charge in [-0.2, -0.15) is 5.10 Å². The molecule has 14 heavy (non-hydrogen) atoms. The molecule has 0 spiro atoms. The molecule has 1 aromatic heterocycles. The minimum absolute atomic E-state index is 0.664. The Bertz CT molecular complexity index is 472. The maximum absolute atomic E-state index is 4.56. The second kappa shape index (κ2) is 2.74. The number of hydrogen-bond donors (Lipinski definition) is 1. The Kier molecular flexibility index (Phi) is 1.54. The van der Waals surface area contributed by atoms with Crippen molar-refractivity contribution >= 4 is 16.7 Å². The van der Waals surface area contributed by atoms with Crippen LogP contribution in [0.3, 0.4) is 0 Å². The van der Waals surface area contributed by atoms with E-state index in [0.717, 1.165) is 18.6 Å². The Morgan fingerprint density at radius 3 is 3.21 bits per heavy atom. The molecule has 0 saturated carbocycles. The number of anilines is 1. The Morgan fingerprint density at radius 2 is 2.29 bits per heavy atom. The van der Waals surface area contributed by atoms with E-state index < -0.39 is 0 Å². The lowest BCUT2D eigenvalue weighted by Crippen LogP contribution is -2.25. The van der Waals surface area contributed by atoms with E-state index in [4.69, 9.17) is 0 Å². The van der Waals surface area contributed by atoms with Crippen LogP contribution in [0.2, 0.25) is 0 Å². The van der Waals surface area contributed by atoms with Crippen LogP contribution < -0.4 is 5.32 Å². The first kappa shape index (κ1) is 7.85. The monoisotopic (exact) mass is 187 g/mol. The summed E-state index contributed by atoms with van der Waals surface area (Å²) in [6, 6.07) is 8.28. The Morgan fingerprint density at radius 1 is 1.43 bits per heavy atom. The van der Waals surface area contributed by atoms with Crippen LogP contribution in [0.4, 0.5) is 5.82 Å². The summed E-state index contributed by atoms with van der Waals surface area (Å²) in [5.74, 6) is 1.84. The summed E-state index contributed by atoms with van der Waals surface area (Å²) in [5, 5.41) is 9.23. The highest BCUT2D eigenvalue weighted by atomic mass is 15.3. The molecule has 3 heteroatoms. The third-order valence-electron chi connectivity index (χ3n) is 2.75. The lowest BCUT2D eigenvalue weighted by Gasteiger charge is -2.21.